The predicted molar refractivity (Wildman–Crippen MR) is 112 cm³/mol. The van der Waals surface area contributed by atoms with Crippen LogP contribution in [0.25, 0.3) is 28.0 Å². The second-order valence-electron chi connectivity index (χ2n) is 7.30. The number of rotatable bonds is 5. The van der Waals surface area contributed by atoms with E-state index in [0.29, 0.717) is 11.4 Å². The van der Waals surface area contributed by atoms with Gasteiger partial charge in [-0.3, -0.25) is 14.4 Å². The topological polar surface area (TPSA) is 123 Å². The first kappa shape index (κ1) is 20.2. The molecular formula is C20H21N4O5P. The number of aromatic nitrogens is 4. The second kappa shape index (κ2) is 7.28. The summed E-state index contributed by atoms with van der Waals surface area (Å²) in [4.78, 5) is 18.4. The lowest BCUT2D eigenvalue weighted by atomic mass is 9.97. The van der Waals surface area contributed by atoms with Crippen LogP contribution in [0.1, 0.15) is 25.3 Å². The van der Waals surface area contributed by atoms with Gasteiger partial charge in [-0.15, -0.1) is 10.2 Å². The van der Waals surface area contributed by atoms with E-state index in [1.54, 1.807) is 24.7 Å². The first-order valence-electron chi connectivity index (χ1n) is 9.22. The van der Waals surface area contributed by atoms with Gasteiger partial charge in [-0.2, -0.15) is 0 Å². The van der Waals surface area contributed by atoms with Gasteiger partial charge in [0.15, 0.2) is 5.82 Å². The minimum absolute atomic E-state index is 0.0728. The quantitative estimate of drug-likeness (QED) is 0.414. The summed E-state index contributed by atoms with van der Waals surface area (Å²) in [5.74, 6) is -0.0988. The second-order valence-corrected chi connectivity index (χ2v) is 8.47. The highest BCUT2D eigenvalue weighted by Crippen LogP contribution is 2.46. The van der Waals surface area contributed by atoms with Crippen LogP contribution >= 0.6 is 7.82 Å². The zero-order valence-corrected chi connectivity index (χ0v) is 17.5. The van der Waals surface area contributed by atoms with Gasteiger partial charge in [0.05, 0.1) is 5.56 Å². The average Bonchev–Trinajstić information content (AvgIpc) is 3.27. The predicted octanol–water partition coefficient (Wildman–Crippen LogP) is 3.73. The van der Waals surface area contributed by atoms with E-state index in [2.05, 4.69) is 10.2 Å². The SMILES string of the molecule is CC(C)c1c(OP(=O)(O)O)ccc(-c2nncn2-c2ccc3c(ccn3C)c2)c1O. The van der Waals surface area contributed by atoms with E-state index < -0.39 is 7.82 Å². The van der Waals surface area contributed by atoms with Crippen LogP contribution in [-0.4, -0.2) is 34.2 Å². The molecule has 2 aromatic heterocycles. The number of hydrogen-bond donors (Lipinski definition) is 3. The van der Waals surface area contributed by atoms with Crippen LogP contribution in [0.5, 0.6) is 11.5 Å². The molecule has 0 aliphatic carbocycles. The third-order valence-corrected chi connectivity index (χ3v) is 5.34. The Kier molecular flexibility index (Phi) is 4.89. The van der Waals surface area contributed by atoms with E-state index in [4.69, 9.17) is 4.52 Å². The molecule has 0 radical (unpaired) electrons. The van der Waals surface area contributed by atoms with Crippen molar-refractivity contribution in [1.82, 2.24) is 19.3 Å². The molecule has 10 heteroatoms. The van der Waals surface area contributed by atoms with Crippen molar-refractivity contribution in [3.63, 3.8) is 0 Å². The molecule has 156 valence electrons. The van der Waals surface area contributed by atoms with Crippen molar-refractivity contribution in [2.24, 2.45) is 7.05 Å². The van der Waals surface area contributed by atoms with Gasteiger partial charge in [0.25, 0.3) is 0 Å². The van der Waals surface area contributed by atoms with Crippen LogP contribution in [-0.2, 0) is 11.6 Å². The molecule has 30 heavy (non-hydrogen) atoms. The van der Waals surface area contributed by atoms with Gasteiger partial charge in [0, 0.05) is 35.4 Å². The molecule has 0 aliphatic heterocycles. The van der Waals surface area contributed by atoms with Crippen molar-refractivity contribution in [1.29, 1.82) is 0 Å². The van der Waals surface area contributed by atoms with Crippen molar-refractivity contribution < 1.29 is 24.0 Å². The molecule has 0 unspecified atom stereocenters. The molecule has 2 heterocycles. The number of phenols is 1. The van der Waals surface area contributed by atoms with Crippen molar-refractivity contribution >= 4 is 18.7 Å². The molecule has 0 aliphatic rings. The third kappa shape index (κ3) is 3.59. The summed E-state index contributed by atoms with van der Waals surface area (Å²) in [6, 6.07) is 10.8. The normalized spacial score (nSPS) is 12.1. The van der Waals surface area contributed by atoms with Crippen LogP contribution in [0.4, 0.5) is 0 Å². The fourth-order valence-electron chi connectivity index (χ4n) is 3.56. The smallest absolute Gasteiger partial charge is 0.507 e. The van der Waals surface area contributed by atoms with Crippen LogP contribution in [0.15, 0.2) is 48.9 Å². The van der Waals surface area contributed by atoms with Gasteiger partial charge in [0.2, 0.25) is 0 Å². The fraction of sp³-hybridized carbons (Fsp3) is 0.200. The van der Waals surface area contributed by atoms with Crippen molar-refractivity contribution in [3.8, 4) is 28.6 Å². The Bertz CT molecular complexity index is 1290. The monoisotopic (exact) mass is 428 g/mol. The number of hydrogen-bond acceptors (Lipinski definition) is 5. The maximum absolute atomic E-state index is 11.3. The molecule has 0 fully saturated rings. The summed E-state index contributed by atoms with van der Waals surface area (Å²) in [6.07, 6.45) is 3.52. The molecule has 0 atom stereocenters. The number of fused-ring (bicyclic) bond motifs is 1. The Balaban J connectivity index is 1.85. The first-order chi connectivity index (χ1) is 14.2. The van der Waals surface area contributed by atoms with Gasteiger partial charge in [-0.1, -0.05) is 13.8 Å². The number of nitrogens with zero attached hydrogens (tertiary/aromatic N) is 4. The highest BCUT2D eigenvalue weighted by Gasteiger charge is 2.25. The number of aromatic hydroxyl groups is 1. The summed E-state index contributed by atoms with van der Waals surface area (Å²) in [5, 5.41) is 20.2. The molecule has 0 amide bonds. The maximum atomic E-state index is 11.3. The summed E-state index contributed by atoms with van der Waals surface area (Å²) in [6.45, 7) is 3.58. The molecule has 4 aromatic rings. The lowest BCUT2D eigenvalue weighted by Gasteiger charge is -2.18. The lowest BCUT2D eigenvalue weighted by molar-refractivity contribution is 0.281. The molecule has 0 saturated heterocycles. The van der Waals surface area contributed by atoms with Crippen molar-refractivity contribution in [2.45, 2.75) is 19.8 Å². The fourth-order valence-corrected chi connectivity index (χ4v) is 3.98. The molecule has 9 nitrogen and oxygen atoms in total. The number of phenolic OH excluding ortho intramolecular Hbond substituents is 1. The molecule has 3 N–H and O–H groups in total. The van der Waals surface area contributed by atoms with Crippen LogP contribution in [0.2, 0.25) is 0 Å². The summed E-state index contributed by atoms with van der Waals surface area (Å²) < 4.78 is 19.9. The van der Waals surface area contributed by atoms with Crippen molar-refractivity contribution in [3.05, 3.63) is 54.5 Å². The minimum atomic E-state index is -4.77. The molecular weight excluding hydrogens is 407 g/mol. The Morgan fingerprint density at radius 1 is 1.13 bits per heavy atom. The van der Waals surface area contributed by atoms with Gasteiger partial charge >= 0.3 is 7.82 Å². The van der Waals surface area contributed by atoms with E-state index >= 15 is 0 Å². The average molecular weight is 428 g/mol. The Morgan fingerprint density at radius 3 is 2.60 bits per heavy atom. The van der Waals surface area contributed by atoms with Crippen LogP contribution in [0, 0.1) is 0 Å². The standard InChI is InChI=1S/C20H21N4O5P/c1-12(2)18-17(29-30(26,27)28)7-5-15(19(18)25)20-22-21-11-24(20)14-4-6-16-13(10-14)8-9-23(16)3/h4-12,25H,1-3H3,(H2,26,27,28). The Hall–Kier alpha value is -3.13. The summed E-state index contributed by atoms with van der Waals surface area (Å²) in [5.41, 5.74) is 2.55. The molecule has 0 spiro atoms. The third-order valence-electron chi connectivity index (χ3n) is 4.91. The first-order valence-corrected chi connectivity index (χ1v) is 10.8. The van der Waals surface area contributed by atoms with Crippen LogP contribution < -0.4 is 4.52 Å². The summed E-state index contributed by atoms with van der Waals surface area (Å²) >= 11 is 0. The number of aryl methyl sites for hydroxylation is 1. The van der Waals surface area contributed by atoms with Crippen LogP contribution in [0.3, 0.4) is 0 Å². The molecule has 2 aromatic carbocycles. The molecule has 0 saturated carbocycles. The zero-order valence-electron chi connectivity index (χ0n) is 16.6. The van der Waals surface area contributed by atoms with Gasteiger partial charge < -0.3 is 14.2 Å². The van der Waals surface area contributed by atoms with Crippen molar-refractivity contribution in [2.75, 3.05) is 0 Å². The highest BCUT2D eigenvalue weighted by molar-refractivity contribution is 7.46. The number of phosphoric ester groups is 1. The van der Waals surface area contributed by atoms with E-state index in [1.165, 1.54) is 12.1 Å². The summed E-state index contributed by atoms with van der Waals surface area (Å²) in [7, 11) is -2.80. The highest BCUT2D eigenvalue weighted by atomic mass is 31.2. The largest absolute Gasteiger partial charge is 0.524 e. The minimum Gasteiger partial charge on any atom is -0.507 e. The van der Waals surface area contributed by atoms with E-state index in [0.717, 1.165) is 16.6 Å². The molecule has 0 bridgehead atoms. The molecule has 4 rings (SSSR count). The van der Waals surface area contributed by atoms with Gasteiger partial charge in [-0.25, -0.2) is 4.57 Å². The zero-order chi connectivity index (χ0) is 21.6. The number of phosphoric acid groups is 1. The van der Waals surface area contributed by atoms with E-state index in [9.17, 15) is 19.5 Å². The Labute approximate surface area is 172 Å². The Morgan fingerprint density at radius 2 is 1.90 bits per heavy atom. The van der Waals surface area contributed by atoms with E-state index in [1.807, 2.05) is 42.1 Å². The number of benzene rings is 2. The van der Waals surface area contributed by atoms with Gasteiger partial charge in [-0.05, 0) is 42.3 Å². The van der Waals surface area contributed by atoms with Gasteiger partial charge in [0.1, 0.15) is 17.8 Å². The maximum Gasteiger partial charge on any atom is 0.524 e. The van der Waals surface area contributed by atoms with E-state index in [-0.39, 0.29) is 23.0 Å². The lowest BCUT2D eigenvalue weighted by Crippen LogP contribution is -2.01.